The van der Waals surface area contributed by atoms with E-state index in [-0.39, 0.29) is 12.1 Å². The van der Waals surface area contributed by atoms with Gasteiger partial charge in [-0.05, 0) is 30.7 Å². The van der Waals surface area contributed by atoms with Crippen molar-refractivity contribution in [1.82, 2.24) is 10.1 Å². The number of H-pyrrole nitrogens is 1. The number of carbonyl (C=O) groups excluding carboxylic acids is 1. The molecule has 21 heavy (non-hydrogen) atoms. The minimum atomic E-state index is -0.477. The standard InChI is InChI=1S/C14H14N2O5/c1-19-9-2-4-10(5-3-9)20-14(18)16-7-6-11-12(8-16)21-15-13(11)17/h2-5H,6-8H2,1H3,(H,15,17). The molecule has 0 bridgehead atoms. The summed E-state index contributed by atoms with van der Waals surface area (Å²) in [6.07, 6.45) is -0.0199. The molecule has 2 aromatic rings. The van der Waals surface area contributed by atoms with Gasteiger partial charge in [0.2, 0.25) is 0 Å². The number of nitrogens with zero attached hydrogens (tertiary/aromatic N) is 1. The maximum absolute atomic E-state index is 12.1. The summed E-state index contributed by atoms with van der Waals surface area (Å²) in [5.41, 5.74) is 0.372. The minimum Gasteiger partial charge on any atom is -0.497 e. The van der Waals surface area contributed by atoms with Crippen LogP contribution in [0.2, 0.25) is 0 Å². The van der Waals surface area contributed by atoms with Gasteiger partial charge < -0.3 is 14.0 Å². The van der Waals surface area contributed by atoms with Gasteiger partial charge in [0, 0.05) is 6.54 Å². The number of hydrogen-bond donors (Lipinski definition) is 1. The summed E-state index contributed by atoms with van der Waals surface area (Å²) in [6, 6.07) is 6.73. The summed E-state index contributed by atoms with van der Waals surface area (Å²) < 4.78 is 15.4. The minimum absolute atomic E-state index is 0.225. The van der Waals surface area contributed by atoms with Crippen LogP contribution in [0.25, 0.3) is 0 Å². The Balaban J connectivity index is 1.67. The Morgan fingerprint density at radius 1 is 1.29 bits per heavy atom. The van der Waals surface area contributed by atoms with E-state index in [4.69, 9.17) is 14.0 Å². The number of ether oxygens (including phenoxy) is 2. The first-order valence-corrected chi connectivity index (χ1v) is 6.47. The molecule has 7 heteroatoms. The number of carbonyl (C=O) groups is 1. The lowest BCUT2D eigenvalue weighted by atomic mass is 10.1. The number of methoxy groups -OCH3 is 1. The Bertz CT molecular complexity index is 701. The molecular formula is C14H14N2O5. The molecule has 1 N–H and O–H groups in total. The number of aromatic amines is 1. The maximum atomic E-state index is 12.1. The lowest BCUT2D eigenvalue weighted by molar-refractivity contribution is 0.140. The van der Waals surface area contributed by atoms with Crippen molar-refractivity contribution >= 4 is 6.09 Å². The monoisotopic (exact) mass is 290 g/mol. The van der Waals surface area contributed by atoms with Gasteiger partial charge in [0.05, 0.1) is 19.2 Å². The first-order chi connectivity index (χ1) is 10.2. The lowest BCUT2D eigenvalue weighted by Gasteiger charge is -2.24. The number of rotatable bonds is 2. The Morgan fingerprint density at radius 2 is 2.00 bits per heavy atom. The van der Waals surface area contributed by atoms with E-state index in [1.165, 1.54) is 4.90 Å². The van der Waals surface area contributed by atoms with Crippen LogP contribution in [0.15, 0.2) is 33.6 Å². The normalized spacial score (nSPS) is 13.7. The molecule has 1 amide bonds. The van der Waals surface area contributed by atoms with Crippen molar-refractivity contribution in [1.29, 1.82) is 0 Å². The highest BCUT2D eigenvalue weighted by atomic mass is 16.6. The van der Waals surface area contributed by atoms with E-state index in [2.05, 4.69) is 5.16 Å². The SMILES string of the molecule is COc1ccc(OC(=O)N2CCc3c(o[nH]c3=O)C2)cc1. The summed E-state index contributed by atoms with van der Waals surface area (Å²) in [7, 11) is 1.57. The molecule has 0 saturated carbocycles. The van der Waals surface area contributed by atoms with E-state index >= 15 is 0 Å². The van der Waals surface area contributed by atoms with Gasteiger partial charge in [-0.15, -0.1) is 0 Å². The van der Waals surface area contributed by atoms with Crippen LogP contribution in [-0.4, -0.2) is 29.8 Å². The average Bonchev–Trinajstić information content (AvgIpc) is 2.89. The third-order valence-corrected chi connectivity index (χ3v) is 3.37. The number of fused-ring (bicyclic) bond motifs is 1. The maximum Gasteiger partial charge on any atom is 0.415 e. The molecule has 1 aliphatic heterocycles. The molecule has 0 unspecified atom stereocenters. The van der Waals surface area contributed by atoms with E-state index in [9.17, 15) is 9.59 Å². The number of nitrogens with one attached hydrogen (secondary N) is 1. The van der Waals surface area contributed by atoms with Crippen LogP contribution in [0, 0.1) is 0 Å². The van der Waals surface area contributed by atoms with Crippen LogP contribution < -0.4 is 15.0 Å². The van der Waals surface area contributed by atoms with E-state index in [1.807, 2.05) is 0 Å². The fourth-order valence-corrected chi connectivity index (χ4v) is 2.20. The Hall–Kier alpha value is -2.70. The van der Waals surface area contributed by atoms with Crippen molar-refractivity contribution in [2.45, 2.75) is 13.0 Å². The topological polar surface area (TPSA) is 84.8 Å². The molecule has 1 aromatic heterocycles. The summed E-state index contributed by atoms with van der Waals surface area (Å²) in [5.74, 6) is 1.60. The van der Waals surface area contributed by atoms with E-state index < -0.39 is 6.09 Å². The molecule has 2 heterocycles. The second-order valence-electron chi connectivity index (χ2n) is 4.65. The molecular weight excluding hydrogens is 276 g/mol. The van der Waals surface area contributed by atoms with Crippen molar-refractivity contribution in [2.75, 3.05) is 13.7 Å². The van der Waals surface area contributed by atoms with E-state index in [1.54, 1.807) is 31.4 Å². The second-order valence-corrected chi connectivity index (χ2v) is 4.65. The van der Waals surface area contributed by atoms with Gasteiger partial charge in [0.1, 0.15) is 11.5 Å². The largest absolute Gasteiger partial charge is 0.497 e. The summed E-state index contributed by atoms with van der Waals surface area (Å²) in [4.78, 5) is 25.0. The quantitative estimate of drug-likeness (QED) is 0.906. The van der Waals surface area contributed by atoms with Gasteiger partial charge in [-0.25, -0.2) is 4.79 Å². The van der Waals surface area contributed by atoms with Crippen LogP contribution in [0.3, 0.4) is 0 Å². The van der Waals surface area contributed by atoms with Crippen molar-refractivity contribution in [3.63, 3.8) is 0 Å². The average molecular weight is 290 g/mol. The number of hydrogen-bond acceptors (Lipinski definition) is 5. The van der Waals surface area contributed by atoms with Gasteiger partial charge >= 0.3 is 6.09 Å². The smallest absolute Gasteiger partial charge is 0.415 e. The zero-order chi connectivity index (χ0) is 14.8. The second kappa shape index (κ2) is 5.35. The highest BCUT2D eigenvalue weighted by Crippen LogP contribution is 2.20. The molecule has 0 radical (unpaired) electrons. The van der Waals surface area contributed by atoms with Gasteiger partial charge in [0.15, 0.2) is 5.76 Å². The van der Waals surface area contributed by atoms with E-state index in [0.717, 1.165) is 0 Å². The molecule has 0 fully saturated rings. The molecule has 1 aliphatic rings. The number of amides is 1. The van der Waals surface area contributed by atoms with Crippen LogP contribution in [0.1, 0.15) is 11.3 Å². The Labute approximate surface area is 120 Å². The first kappa shape index (κ1) is 13.3. The Kier molecular flexibility index (Phi) is 3.39. The van der Waals surface area contributed by atoms with Crippen molar-refractivity contribution < 1.29 is 18.8 Å². The molecule has 7 nitrogen and oxygen atoms in total. The van der Waals surface area contributed by atoms with Crippen molar-refractivity contribution in [3.05, 3.63) is 45.9 Å². The number of aromatic nitrogens is 1. The number of benzene rings is 1. The molecule has 0 spiro atoms. The molecule has 1 aromatic carbocycles. The van der Waals surface area contributed by atoms with E-state index in [0.29, 0.717) is 35.8 Å². The highest BCUT2D eigenvalue weighted by molar-refractivity contribution is 5.71. The van der Waals surface area contributed by atoms with Crippen LogP contribution >= 0.6 is 0 Å². The molecule has 0 saturated heterocycles. The van der Waals surface area contributed by atoms with Crippen molar-refractivity contribution in [2.24, 2.45) is 0 Å². The fourth-order valence-electron chi connectivity index (χ4n) is 2.20. The van der Waals surface area contributed by atoms with Gasteiger partial charge in [-0.2, -0.15) is 5.16 Å². The lowest BCUT2D eigenvalue weighted by Crippen LogP contribution is -2.38. The summed E-state index contributed by atoms with van der Waals surface area (Å²) in [6.45, 7) is 0.646. The van der Waals surface area contributed by atoms with Gasteiger partial charge in [0.25, 0.3) is 5.56 Å². The van der Waals surface area contributed by atoms with Gasteiger partial charge in [-0.3, -0.25) is 9.69 Å². The zero-order valence-electron chi connectivity index (χ0n) is 11.4. The predicted octanol–water partition coefficient (Wildman–Crippen LogP) is 1.53. The fraction of sp³-hybridized carbons (Fsp3) is 0.286. The van der Waals surface area contributed by atoms with Gasteiger partial charge in [-0.1, -0.05) is 0 Å². The molecule has 3 rings (SSSR count). The van der Waals surface area contributed by atoms with Crippen LogP contribution in [0.4, 0.5) is 4.79 Å². The summed E-state index contributed by atoms with van der Waals surface area (Å²) in [5, 5.41) is 2.28. The van der Waals surface area contributed by atoms with Crippen LogP contribution in [-0.2, 0) is 13.0 Å². The molecule has 110 valence electrons. The predicted molar refractivity (Wildman–Crippen MR) is 72.5 cm³/mol. The summed E-state index contributed by atoms with van der Waals surface area (Å²) >= 11 is 0. The molecule has 0 aliphatic carbocycles. The zero-order valence-corrected chi connectivity index (χ0v) is 11.4. The first-order valence-electron chi connectivity index (χ1n) is 6.47. The Morgan fingerprint density at radius 3 is 2.71 bits per heavy atom. The van der Waals surface area contributed by atoms with Crippen molar-refractivity contribution in [3.8, 4) is 11.5 Å². The molecule has 0 atom stereocenters. The van der Waals surface area contributed by atoms with Crippen LogP contribution in [0.5, 0.6) is 11.5 Å². The highest BCUT2D eigenvalue weighted by Gasteiger charge is 2.26. The third-order valence-electron chi connectivity index (χ3n) is 3.37. The third kappa shape index (κ3) is 2.62.